The minimum Gasteiger partial charge on any atom is -0.394 e. The third-order valence-electron chi connectivity index (χ3n) is 2.11. The molecular weight excluding hydrogens is 168 g/mol. The lowest BCUT2D eigenvalue weighted by atomic mass is 10.0. The maximum Gasteiger partial charge on any atom is 0.237 e. The first-order chi connectivity index (χ1) is 6.02. The van der Waals surface area contributed by atoms with E-state index in [1.807, 2.05) is 20.8 Å². The second kappa shape index (κ2) is 5.94. The van der Waals surface area contributed by atoms with Crippen molar-refractivity contribution in [3.8, 4) is 0 Å². The second-order valence-electron chi connectivity index (χ2n) is 3.56. The van der Waals surface area contributed by atoms with E-state index < -0.39 is 6.04 Å². The lowest BCUT2D eigenvalue weighted by molar-refractivity contribution is -0.123. The van der Waals surface area contributed by atoms with Crippen LogP contribution in [0.3, 0.4) is 0 Å². The van der Waals surface area contributed by atoms with E-state index in [-0.39, 0.29) is 24.5 Å². The monoisotopic (exact) mass is 188 g/mol. The van der Waals surface area contributed by atoms with Gasteiger partial charge in [0.15, 0.2) is 0 Å². The Labute approximate surface area is 79.5 Å². The molecule has 2 atom stereocenters. The quantitative estimate of drug-likeness (QED) is 0.562. The molecular formula is C9H20N2O2. The molecule has 4 N–H and O–H groups in total. The van der Waals surface area contributed by atoms with Gasteiger partial charge in [0.25, 0.3) is 0 Å². The first kappa shape index (κ1) is 12.4. The van der Waals surface area contributed by atoms with Gasteiger partial charge in [-0.2, -0.15) is 0 Å². The van der Waals surface area contributed by atoms with Crippen LogP contribution in [-0.2, 0) is 4.79 Å². The van der Waals surface area contributed by atoms with E-state index in [0.29, 0.717) is 6.42 Å². The van der Waals surface area contributed by atoms with Crippen molar-refractivity contribution in [2.24, 2.45) is 11.7 Å². The van der Waals surface area contributed by atoms with Crippen molar-refractivity contribution in [3.05, 3.63) is 0 Å². The van der Waals surface area contributed by atoms with Gasteiger partial charge in [-0.3, -0.25) is 4.79 Å². The van der Waals surface area contributed by atoms with E-state index >= 15 is 0 Å². The van der Waals surface area contributed by atoms with Crippen LogP contribution in [0.5, 0.6) is 0 Å². The highest BCUT2D eigenvalue weighted by atomic mass is 16.3. The maximum atomic E-state index is 11.3. The number of hydrogen-bond donors (Lipinski definition) is 3. The third kappa shape index (κ3) is 4.24. The van der Waals surface area contributed by atoms with E-state index in [1.165, 1.54) is 0 Å². The molecule has 0 radical (unpaired) electrons. The molecule has 0 aromatic carbocycles. The maximum absolute atomic E-state index is 11.3. The van der Waals surface area contributed by atoms with Gasteiger partial charge in [0.1, 0.15) is 0 Å². The number of rotatable bonds is 5. The van der Waals surface area contributed by atoms with E-state index in [9.17, 15) is 4.79 Å². The van der Waals surface area contributed by atoms with Crippen LogP contribution in [0.1, 0.15) is 27.2 Å². The molecule has 0 unspecified atom stereocenters. The average molecular weight is 188 g/mol. The van der Waals surface area contributed by atoms with Crippen molar-refractivity contribution in [3.63, 3.8) is 0 Å². The Bertz CT molecular complexity index is 160. The lowest BCUT2D eigenvalue weighted by Crippen LogP contribution is -2.48. The molecule has 13 heavy (non-hydrogen) atoms. The van der Waals surface area contributed by atoms with Crippen molar-refractivity contribution in [1.29, 1.82) is 0 Å². The summed E-state index contributed by atoms with van der Waals surface area (Å²) < 4.78 is 0. The zero-order valence-corrected chi connectivity index (χ0v) is 8.58. The third-order valence-corrected chi connectivity index (χ3v) is 2.11. The van der Waals surface area contributed by atoms with Gasteiger partial charge in [-0.05, 0) is 12.3 Å². The van der Waals surface area contributed by atoms with Crippen molar-refractivity contribution in [2.75, 3.05) is 6.61 Å². The molecule has 4 nitrogen and oxygen atoms in total. The summed E-state index contributed by atoms with van der Waals surface area (Å²) in [5.41, 5.74) is 5.53. The molecule has 4 heteroatoms. The molecule has 0 saturated carbocycles. The van der Waals surface area contributed by atoms with Crippen molar-refractivity contribution < 1.29 is 9.90 Å². The van der Waals surface area contributed by atoms with E-state index in [4.69, 9.17) is 10.8 Å². The summed E-state index contributed by atoms with van der Waals surface area (Å²) in [6, 6.07) is -0.655. The van der Waals surface area contributed by atoms with Gasteiger partial charge < -0.3 is 16.2 Å². The molecule has 0 aromatic rings. The minimum atomic E-state index is -0.465. The molecule has 0 heterocycles. The Hall–Kier alpha value is -0.610. The first-order valence-corrected chi connectivity index (χ1v) is 4.69. The number of amides is 1. The predicted octanol–water partition coefficient (Wildman–Crippen LogP) is -0.143. The fourth-order valence-electron chi connectivity index (χ4n) is 0.898. The highest BCUT2D eigenvalue weighted by Crippen LogP contribution is 2.00. The van der Waals surface area contributed by atoms with Gasteiger partial charge >= 0.3 is 0 Å². The molecule has 0 aliphatic carbocycles. The van der Waals surface area contributed by atoms with Gasteiger partial charge in [-0.25, -0.2) is 0 Å². The molecule has 0 bridgehead atoms. The SMILES string of the molecule is CC[C@@H](N)C(=O)N[C@H](CO)C(C)C. The van der Waals surface area contributed by atoms with Crippen LogP contribution in [0.4, 0.5) is 0 Å². The van der Waals surface area contributed by atoms with Crippen LogP contribution in [0.2, 0.25) is 0 Å². The highest BCUT2D eigenvalue weighted by Gasteiger charge is 2.18. The topological polar surface area (TPSA) is 75.4 Å². The molecule has 0 saturated heterocycles. The Morgan fingerprint density at radius 3 is 2.38 bits per heavy atom. The van der Waals surface area contributed by atoms with Gasteiger partial charge in [-0.1, -0.05) is 20.8 Å². The van der Waals surface area contributed by atoms with Gasteiger partial charge in [0.2, 0.25) is 5.91 Å². The molecule has 78 valence electrons. The number of nitrogens with two attached hydrogens (primary N) is 1. The molecule has 0 aliphatic rings. The zero-order chi connectivity index (χ0) is 10.4. The fraction of sp³-hybridized carbons (Fsp3) is 0.889. The summed E-state index contributed by atoms with van der Waals surface area (Å²) in [6.07, 6.45) is 0.613. The van der Waals surface area contributed by atoms with Gasteiger partial charge in [0.05, 0.1) is 18.7 Å². The Balaban J connectivity index is 4.01. The number of hydrogen-bond acceptors (Lipinski definition) is 3. The standard InChI is InChI=1S/C9H20N2O2/c1-4-7(10)9(13)11-8(5-12)6(2)3/h6-8,12H,4-5,10H2,1-3H3,(H,11,13)/t7-,8-/m1/s1. The fourth-order valence-corrected chi connectivity index (χ4v) is 0.898. The van der Waals surface area contributed by atoms with Crippen LogP contribution in [0.15, 0.2) is 0 Å². The van der Waals surface area contributed by atoms with Gasteiger partial charge in [0, 0.05) is 0 Å². The number of aliphatic hydroxyl groups excluding tert-OH is 1. The predicted molar refractivity (Wildman–Crippen MR) is 52.1 cm³/mol. The summed E-state index contributed by atoms with van der Waals surface area (Å²) >= 11 is 0. The number of aliphatic hydroxyl groups is 1. The van der Waals surface area contributed by atoms with Gasteiger partial charge in [-0.15, -0.1) is 0 Å². The van der Waals surface area contributed by atoms with Crippen LogP contribution in [0.25, 0.3) is 0 Å². The second-order valence-corrected chi connectivity index (χ2v) is 3.56. The van der Waals surface area contributed by atoms with E-state index in [0.717, 1.165) is 0 Å². The summed E-state index contributed by atoms with van der Waals surface area (Å²) in [5, 5.41) is 11.6. The average Bonchev–Trinajstić information content (AvgIpc) is 2.11. The molecule has 0 aromatic heterocycles. The first-order valence-electron chi connectivity index (χ1n) is 4.69. The summed E-state index contributed by atoms with van der Waals surface area (Å²) in [6.45, 7) is 5.70. The molecule has 1 amide bonds. The zero-order valence-electron chi connectivity index (χ0n) is 8.58. The number of carbonyl (C=O) groups is 1. The van der Waals surface area contributed by atoms with Crippen LogP contribution in [-0.4, -0.2) is 29.7 Å². The Morgan fingerprint density at radius 2 is 2.08 bits per heavy atom. The lowest BCUT2D eigenvalue weighted by Gasteiger charge is -2.21. The largest absolute Gasteiger partial charge is 0.394 e. The Kier molecular flexibility index (Phi) is 5.66. The van der Waals surface area contributed by atoms with Crippen molar-refractivity contribution in [1.82, 2.24) is 5.32 Å². The van der Waals surface area contributed by atoms with Crippen LogP contribution >= 0.6 is 0 Å². The summed E-state index contributed by atoms with van der Waals surface area (Å²) in [7, 11) is 0. The van der Waals surface area contributed by atoms with Crippen molar-refractivity contribution >= 4 is 5.91 Å². The molecule has 0 aliphatic heterocycles. The minimum absolute atomic E-state index is 0.0418. The molecule has 0 spiro atoms. The van der Waals surface area contributed by atoms with E-state index in [1.54, 1.807) is 0 Å². The van der Waals surface area contributed by atoms with E-state index in [2.05, 4.69) is 5.32 Å². The number of nitrogens with one attached hydrogen (secondary N) is 1. The molecule has 0 fully saturated rings. The normalized spacial score (nSPS) is 15.5. The smallest absolute Gasteiger partial charge is 0.237 e. The van der Waals surface area contributed by atoms with Crippen LogP contribution in [0, 0.1) is 5.92 Å². The summed E-state index contributed by atoms with van der Waals surface area (Å²) in [4.78, 5) is 11.3. The Morgan fingerprint density at radius 1 is 1.54 bits per heavy atom. The summed E-state index contributed by atoms with van der Waals surface area (Å²) in [5.74, 6) is 0.0354. The van der Waals surface area contributed by atoms with Crippen LogP contribution < -0.4 is 11.1 Å². The number of carbonyl (C=O) groups excluding carboxylic acids is 1. The highest BCUT2D eigenvalue weighted by molar-refractivity contribution is 5.81. The molecule has 0 rings (SSSR count). The van der Waals surface area contributed by atoms with Crippen molar-refractivity contribution in [2.45, 2.75) is 39.3 Å².